The van der Waals surface area contributed by atoms with E-state index in [9.17, 15) is 4.79 Å². The highest BCUT2D eigenvalue weighted by Gasteiger charge is 2.48. The maximum Gasteiger partial charge on any atom is 0.237 e. The van der Waals surface area contributed by atoms with Gasteiger partial charge in [-0.25, -0.2) is 0 Å². The predicted molar refractivity (Wildman–Crippen MR) is 117 cm³/mol. The van der Waals surface area contributed by atoms with Gasteiger partial charge in [-0.2, -0.15) is 5.10 Å². The van der Waals surface area contributed by atoms with E-state index in [1.807, 2.05) is 6.20 Å². The standard InChI is InChI=1S/C24H30N4O/c1-5-24(6-2)18-11-19-17(10-20(18)28(23(24)29)13-14(3)4)16-9-7-8-15-12-25-27-21(15)22(16)26-19/h10-12,14,26H,5-9,13H2,1-4H3,(H,25,27). The Hall–Kier alpha value is -2.56. The van der Waals surface area contributed by atoms with Crippen LogP contribution in [0.5, 0.6) is 0 Å². The molecular formula is C24H30N4O. The van der Waals surface area contributed by atoms with E-state index in [0.717, 1.165) is 61.2 Å². The zero-order valence-corrected chi connectivity index (χ0v) is 17.9. The van der Waals surface area contributed by atoms with Gasteiger partial charge in [0.05, 0.1) is 11.1 Å². The number of nitrogens with zero attached hydrogens (tertiary/aromatic N) is 2. The summed E-state index contributed by atoms with van der Waals surface area (Å²) >= 11 is 0. The first kappa shape index (κ1) is 18.5. The average molecular weight is 391 g/mol. The van der Waals surface area contributed by atoms with E-state index in [-0.39, 0.29) is 5.91 Å². The van der Waals surface area contributed by atoms with Gasteiger partial charge in [-0.1, -0.05) is 27.7 Å². The minimum absolute atomic E-state index is 0.277. The number of amides is 1. The van der Waals surface area contributed by atoms with Gasteiger partial charge in [0.1, 0.15) is 5.69 Å². The first-order chi connectivity index (χ1) is 14.0. The molecule has 0 radical (unpaired) electrons. The Morgan fingerprint density at radius 3 is 2.72 bits per heavy atom. The van der Waals surface area contributed by atoms with Gasteiger partial charge >= 0.3 is 0 Å². The Balaban J connectivity index is 1.77. The number of H-pyrrole nitrogens is 2. The summed E-state index contributed by atoms with van der Waals surface area (Å²) < 4.78 is 0. The second-order valence-corrected chi connectivity index (χ2v) is 9.10. The maximum absolute atomic E-state index is 13.6. The molecule has 0 saturated heterocycles. The lowest BCUT2D eigenvalue weighted by atomic mass is 9.76. The van der Waals surface area contributed by atoms with Crippen LogP contribution in [0.15, 0.2) is 18.3 Å². The topological polar surface area (TPSA) is 64.8 Å². The quantitative estimate of drug-likeness (QED) is 0.650. The highest BCUT2D eigenvalue weighted by Crippen LogP contribution is 2.49. The van der Waals surface area contributed by atoms with E-state index in [1.165, 1.54) is 22.1 Å². The number of carbonyl (C=O) groups is 1. The largest absolute Gasteiger partial charge is 0.353 e. The van der Waals surface area contributed by atoms with Crippen LogP contribution in [0.1, 0.15) is 63.6 Å². The van der Waals surface area contributed by atoms with Crippen LogP contribution < -0.4 is 4.90 Å². The van der Waals surface area contributed by atoms with Gasteiger partial charge in [0.2, 0.25) is 5.91 Å². The number of carbonyl (C=O) groups excluding carboxylic acids is 1. The van der Waals surface area contributed by atoms with Crippen molar-refractivity contribution in [2.45, 2.75) is 65.2 Å². The van der Waals surface area contributed by atoms with E-state index < -0.39 is 5.41 Å². The van der Waals surface area contributed by atoms with Gasteiger partial charge in [-0.05, 0) is 66.8 Å². The van der Waals surface area contributed by atoms with Crippen molar-refractivity contribution in [3.05, 3.63) is 35.0 Å². The lowest BCUT2D eigenvalue weighted by molar-refractivity contribution is -0.123. The van der Waals surface area contributed by atoms with Crippen molar-refractivity contribution in [1.29, 1.82) is 0 Å². The van der Waals surface area contributed by atoms with Gasteiger partial charge in [0, 0.05) is 29.3 Å². The molecule has 1 aliphatic heterocycles. The van der Waals surface area contributed by atoms with E-state index in [1.54, 1.807) is 0 Å². The van der Waals surface area contributed by atoms with Crippen LogP contribution in [0.25, 0.3) is 22.3 Å². The van der Waals surface area contributed by atoms with Gasteiger partial charge < -0.3 is 9.88 Å². The zero-order valence-electron chi connectivity index (χ0n) is 17.9. The molecule has 0 fully saturated rings. The molecule has 2 aliphatic rings. The molecule has 1 aliphatic carbocycles. The molecule has 5 rings (SSSR count). The van der Waals surface area contributed by atoms with Gasteiger partial charge in [0.25, 0.3) is 0 Å². The van der Waals surface area contributed by atoms with Crippen LogP contribution in [-0.2, 0) is 23.1 Å². The molecular weight excluding hydrogens is 360 g/mol. The highest BCUT2D eigenvalue weighted by atomic mass is 16.2. The fourth-order valence-electron chi connectivity index (χ4n) is 5.49. The Morgan fingerprint density at radius 2 is 2.00 bits per heavy atom. The first-order valence-corrected chi connectivity index (χ1v) is 11.0. The molecule has 0 unspecified atom stereocenters. The van der Waals surface area contributed by atoms with Crippen LogP contribution in [0, 0.1) is 5.92 Å². The number of hydrogen-bond acceptors (Lipinski definition) is 2. The molecule has 3 heterocycles. The Bertz CT molecular complexity index is 1100. The molecule has 2 N–H and O–H groups in total. The number of nitrogens with one attached hydrogen (secondary N) is 2. The molecule has 2 aromatic heterocycles. The number of aryl methyl sites for hydroxylation is 2. The first-order valence-electron chi connectivity index (χ1n) is 11.0. The summed E-state index contributed by atoms with van der Waals surface area (Å²) in [7, 11) is 0. The number of hydrogen-bond donors (Lipinski definition) is 2. The lowest BCUT2D eigenvalue weighted by Gasteiger charge is -2.26. The summed E-state index contributed by atoms with van der Waals surface area (Å²) in [6.07, 6.45) is 6.89. The van der Waals surface area contributed by atoms with Crippen LogP contribution in [0.2, 0.25) is 0 Å². The van der Waals surface area contributed by atoms with Crippen molar-refractivity contribution in [3.8, 4) is 11.4 Å². The van der Waals surface area contributed by atoms with Crippen molar-refractivity contribution < 1.29 is 4.79 Å². The SMILES string of the molecule is CCC1(CC)C(=O)N(CC(C)C)c2cc3c4c([nH]c3cc21)-c1n[nH]cc1CCC4. The van der Waals surface area contributed by atoms with Crippen LogP contribution >= 0.6 is 0 Å². The van der Waals surface area contributed by atoms with Crippen molar-refractivity contribution in [1.82, 2.24) is 15.2 Å². The van der Waals surface area contributed by atoms with E-state index in [4.69, 9.17) is 0 Å². The number of rotatable bonds is 4. The third kappa shape index (κ3) is 2.46. The third-order valence-corrected chi connectivity index (χ3v) is 7.07. The number of fused-ring (bicyclic) bond motifs is 6. The van der Waals surface area contributed by atoms with Crippen molar-refractivity contribution in [2.75, 3.05) is 11.4 Å². The number of aromatic amines is 2. The molecule has 0 spiro atoms. The molecule has 3 aromatic rings. The number of aromatic nitrogens is 3. The Kier molecular flexibility index (Phi) is 4.12. The van der Waals surface area contributed by atoms with Crippen molar-refractivity contribution >= 4 is 22.5 Å². The highest BCUT2D eigenvalue weighted by molar-refractivity contribution is 6.11. The summed E-state index contributed by atoms with van der Waals surface area (Å²) in [5, 5.41) is 8.83. The molecule has 0 atom stereocenters. The minimum atomic E-state index is -0.404. The molecule has 29 heavy (non-hydrogen) atoms. The van der Waals surface area contributed by atoms with E-state index in [0.29, 0.717) is 5.92 Å². The van der Waals surface area contributed by atoms with Crippen LogP contribution in [-0.4, -0.2) is 27.6 Å². The minimum Gasteiger partial charge on any atom is -0.353 e. The van der Waals surface area contributed by atoms with E-state index in [2.05, 4.69) is 59.9 Å². The summed E-state index contributed by atoms with van der Waals surface area (Å²) in [6, 6.07) is 4.54. The molecule has 152 valence electrons. The molecule has 0 saturated carbocycles. The van der Waals surface area contributed by atoms with Gasteiger partial charge in [-0.15, -0.1) is 0 Å². The molecule has 1 amide bonds. The lowest BCUT2D eigenvalue weighted by Crippen LogP contribution is -2.41. The number of benzene rings is 1. The summed E-state index contributed by atoms with van der Waals surface area (Å²) in [5.41, 5.74) is 7.88. The fourth-order valence-corrected chi connectivity index (χ4v) is 5.49. The van der Waals surface area contributed by atoms with Crippen molar-refractivity contribution in [3.63, 3.8) is 0 Å². The molecule has 5 heteroatoms. The maximum atomic E-state index is 13.6. The Labute approximate surface area is 171 Å². The van der Waals surface area contributed by atoms with Crippen LogP contribution in [0.3, 0.4) is 0 Å². The summed E-state index contributed by atoms with van der Waals surface area (Å²) in [4.78, 5) is 19.3. The van der Waals surface area contributed by atoms with Crippen LogP contribution in [0.4, 0.5) is 5.69 Å². The fraction of sp³-hybridized carbons (Fsp3) is 0.500. The monoisotopic (exact) mass is 390 g/mol. The zero-order chi connectivity index (χ0) is 20.3. The smallest absolute Gasteiger partial charge is 0.237 e. The molecule has 0 bridgehead atoms. The molecule has 5 nitrogen and oxygen atoms in total. The third-order valence-electron chi connectivity index (χ3n) is 7.07. The predicted octanol–water partition coefficient (Wildman–Crippen LogP) is 5.11. The average Bonchev–Trinajstić information content (AvgIpc) is 3.33. The normalized spacial score (nSPS) is 17.6. The summed E-state index contributed by atoms with van der Waals surface area (Å²) in [6.45, 7) is 9.44. The summed E-state index contributed by atoms with van der Waals surface area (Å²) in [5.74, 6) is 0.710. The van der Waals surface area contributed by atoms with Gasteiger partial charge in [0.15, 0.2) is 0 Å². The second-order valence-electron chi connectivity index (χ2n) is 9.10. The van der Waals surface area contributed by atoms with E-state index >= 15 is 0 Å². The second kappa shape index (κ2) is 6.48. The Morgan fingerprint density at radius 1 is 1.21 bits per heavy atom. The molecule has 1 aromatic carbocycles. The number of anilines is 1. The van der Waals surface area contributed by atoms with Gasteiger partial charge in [-0.3, -0.25) is 9.89 Å². The van der Waals surface area contributed by atoms with Crippen molar-refractivity contribution in [2.24, 2.45) is 5.92 Å².